The van der Waals surface area contributed by atoms with Gasteiger partial charge in [0.05, 0.1) is 15.6 Å². The Morgan fingerprint density at radius 3 is 2.29 bits per heavy atom. The second kappa shape index (κ2) is 10.4. The molecule has 0 spiro atoms. The highest BCUT2D eigenvalue weighted by Gasteiger charge is 2.22. The van der Waals surface area contributed by atoms with Crippen molar-refractivity contribution in [3.63, 3.8) is 0 Å². The Labute approximate surface area is 188 Å². The standard InChI is InChI=1S/C22H15Cl2N3O4/c23-16-5-2-6-17(24)19(16)20(28)27-18(21(29)30)7-1-4-14-8-10-15(11-9-14)31-22-25-12-3-13-26-22/h2-3,5-6,8-13,18H,7H2,(H,27,28)(H,29,30). The summed E-state index contributed by atoms with van der Waals surface area (Å²) in [6, 6.07) is 12.1. The van der Waals surface area contributed by atoms with Crippen LogP contribution in [0.4, 0.5) is 0 Å². The van der Waals surface area contributed by atoms with Gasteiger partial charge in [0, 0.05) is 24.4 Å². The number of aliphatic carboxylic acids is 1. The van der Waals surface area contributed by atoms with Gasteiger partial charge in [0.15, 0.2) is 0 Å². The second-order valence-corrected chi connectivity index (χ2v) is 6.94. The minimum absolute atomic E-state index is 0.0167. The van der Waals surface area contributed by atoms with Crippen molar-refractivity contribution in [1.29, 1.82) is 0 Å². The largest absolute Gasteiger partial charge is 0.480 e. The van der Waals surface area contributed by atoms with Gasteiger partial charge in [-0.3, -0.25) is 4.79 Å². The number of rotatable bonds is 6. The van der Waals surface area contributed by atoms with E-state index in [1.807, 2.05) is 0 Å². The molecule has 0 bridgehead atoms. The topological polar surface area (TPSA) is 101 Å². The summed E-state index contributed by atoms with van der Waals surface area (Å²) < 4.78 is 5.50. The molecule has 0 saturated carbocycles. The Bertz CT molecular complexity index is 1120. The summed E-state index contributed by atoms with van der Waals surface area (Å²) in [7, 11) is 0. The lowest BCUT2D eigenvalue weighted by molar-refractivity contribution is -0.139. The van der Waals surface area contributed by atoms with E-state index in [1.54, 1.807) is 48.8 Å². The van der Waals surface area contributed by atoms with Crippen LogP contribution in [0.5, 0.6) is 11.8 Å². The lowest BCUT2D eigenvalue weighted by Crippen LogP contribution is -2.40. The first-order valence-corrected chi connectivity index (χ1v) is 9.71. The van der Waals surface area contributed by atoms with Crippen molar-refractivity contribution in [3.05, 3.63) is 82.1 Å². The monoisotopic (exact) mass is 455 g/mol. The van der Waals surface area contributed by atoms with Gasteiger partial charge in [0.1, 0.15) is 11.8 Å². The fraction of sp³-hybridized carbons (Fsp3) is 0.0909. The lowest BCUT2D eigenvalue weighted by atomic mass is 10.1. The Morgan fingerprint density at radius 2 is 1.68 bits per heavy atom. The number of halogens is 2. The maximum absolute atomic E-state index is 12.4. The van der Waals surface area contributed by atoms with Crippen LogP contribution < -0.4 is 10.1 Å². The zero-order chi connectivity index (χ0) is 22.2. The minimum atomic E-state index is -1.23. The molecule has 1 unspecified atom stereocenters. The third-order valence-electron chi connectivity index (χ3n) is 3.94. The number of carbonyl (C=O) groups is 2. The van der Waals surface area contributed by atoms with Crippen LogP contribution in [0.25, 0.3) is 0 Å². The average molecular weight is 456 g/mol. The average Bonchev–Trinajstić information content (AvgIpc) is 2.75. The molecule has 3 rings (SSSR count). The van der Waals surface area contributed by atoms with Crippen LogP contribution in [0.2, 0.25) is 10.0 Å². The van der Waals surface area contributed by atoms with E-state index in [4.69, 9.17) is 27.9 Å². The summed E-state index contributed by atoms with van der Waals surface area (Å²) in [4.78, 5) is 31.9. The van der Waals surface area contributed by atoms with Crippen molar-refractivity contribution in [2.75, 3.05) is 0 Å². The molecule has 0 aliphatic rings. The first-order valence-electron chi connectivity index (χ1n) is 8.95. The molecule has 156 valence electrons. The molecule has 0 saturated heterocycles. The Morgan fingerprint density at radius 1 is 1.03 bits per heavy atom. The number of amides is 1. The van der Waals surface area contributed by atoms with Crippen LogP contribution in [-0.4, -0.2) is 33.0 Å². The third kappa shape index (κ3) is 6.19. The molecule has 0 radical (unpaired) electrons. The molecule has 0 aliphatic carbocycles. The molecular formula is C22H15Cl2N3O4. The van der Waals surface area contributed by atoms with E-state index in [0.29, 0.717) is 11.3 Å². The van der Waals surface area contributed by atoms with Gasteiger partial charge < -0.3 is 15.2 Å². The van der Waals surface area contributed by atoms with Crippen molar-refractivity contribution < 1.29 is 19.4 Å². The highest BCUT2D eigenvalue weighted by atomic mass is 35.5. The van der Waals surface area contributed by atoms with Crippen molar-refractivity contribution in [1.82, 2.24) is 15.3 Å². The minimum Gasteiger partial charge on any atom is -0.480 e. The number of benzene rings is 2. The van der Waals surface area contributed by atoms with E-state index in [-0.39, 0.29) is 28.0 Å². The number of hydrogen-bond donors (Lipinski definition) is 2. The highest BCUT2D eigenvalue weighted by molar-refractivity contribution is 6.39. The quantitative estimate of drug-likeness (QED) is 0.540. The van der Waals surface area contributed by atoms with E-state index < -0.39 is 17.9 Å². The van der Waals surface area contributed by atoms with Gasteiger partial charge in [0.2, 0.25) is 0 Å². The molecule has 7 nitrogen and oxygen atoms in total. The van der Waals surface area contributed by atoms with Crippen molar-refractivity contribution in [2.45, 2.75) is 12.5 Å². The van der Waals surface area contributed by atoms with Crippen molar-refractivity contribution >= 4 is 35.1 Å². The van der Waals surface area contributed by atoms with Gasteiger partial charge >= 0.3 is 12.0 Å². The number of hydrogen-bond acceptors (Lipinski definition) is 5. The van der Waals surface area contributed by atoms with Crippen LogP contribution in [0, 0.1) is 11.8 Å². The smallest absolute Gasteiger partial charge is 0.327 e. The SMILES string of the molecule is O=C(NC(CC#Cc1ccc(Oc2ncccn2)cc1)C(=O)O)c1c(Cl)cccc1Cl. The van der Waals surface area contributed by atoms with Gasteiger partial charge in [-0.1, -0.05) is 41.1 Å². The molecule has 2 N–H and O–H groups in total. The number of carbonyl (C=O) groups excluding carboxylic acids is 1. The fourth-order valence-corrected chi connectivity index (χ4v) is 3.02. The van der Waals surface area contributed by atoms with Gasteiger partial charge in [-0.05, 0) is 42.5 Å². The van der Waals surface area contributed by atoms with E-state index in [2.05, 4.69) is 27.1 Å². The van der Waals surface area contributed by atoms with E-state index in [1.165, 1.54) is 12.1 Å². The number of ether oxygens (including phenoxy) is 1. The summed E-state index contributed by atoms with van der Waals surface area (Å²) in [6.45, 7) is 0. The van der Waals surface area contributed by atoms with Gasteiger partial charge in [-0.25, -0.2) is 14.8 Å². The number of aromatic nitrogens is 2. The summed E-state index contributed by atoms with van der Waals surface area (Å²) in [5, 5.41) is 12.1. The number of carboxylic acid groups (broad SMARTS) is 1. The van der Waals surface area contributed by atoms with Crippen LogP contribution in [-0.2, 0) is 4.79 Å². The molecule has 9 heteroatoms. The zero-order valence-corrected chi connectivity index (χ0v) is 17.4. The van der Waals surface area contributed by atoms with Crippen LogP contribution in [0.1, 0.15) is 22.3 Å². The van der Waals surface area contributed by atoms with E-state index in [0.717, 1.165) is 0 Å². The molecule has 1 aromatic heterocycles. The third-order valence-corrected chi connectivity index (χ3v) is 4.57. The summed E-state index contributed by atoms with van der Waals surface area (Å²) >= 11 is 12.0. The molecule has 0 aliphatic heterocycles. The Balaban J connectivity index is 1.63. The molecule has 1 heterocycles. The predicted molar refractivity (Wildman–Crippen MR) is 115 cm³/mol. The highest BCUT2D eigenvalue weighted by Crippen LogP contribution is 2.24. The number of nitrogens with zero attached hydrogens (tertiary/aromatic N) is 2. The zero-order valence-electron chi connectivity index (χ0n) is 15.9. The van der Waals surface area contributed by atoms with Crippen LogP contribution in [0.3, 0.4) is 0 Å². The molecule has 0 fully saturated rings. The second-order valence-electron chi connectivity index (χ2n) is 6.12. The Hall–Kier alpha value is -3.60. The number of nitrogens with one attached hydrogen (secondary N) is 1. The van der Waals surface area contributed by atoms with Gasteiger partial charge in [-0.2, -0.15) is 0 Å². The summed E-state index contributed by atoms with van der Waals surface area (Å²) in [5.41, 5.74) is 0.661. The van der Waals surface area contributed by atoms with E-state index >= 15 is 0 Å². The van der Waals surface area contributed by atoms with Crippen molar-refractivity contribution in [3.8, 4) is 23.6 Å². The molecule has 3 aromatic rings. The molecule has 1 atom stereocenters. The van der Waals surface area contributed by atoms with Crippen LogP contribution in [0.15, 0.2) is 60.9 Å². The lowest BCUT2D eigenvalue weighted by Gasteiger charge is -2.13. The van der Waals surface area contributed by atoms with Crippen molar-refractivity contribution in [2.24, 2.45) is 0 Å². The normalized spacial score (nSPS) is 11.0. The maximum atomic E-state index is 12.4. The first-order chi connectivity index (χ1) is 14.9. The Kier molecular flexibility index (Phi) is 7.44. The summed E-state index contributed by atoms with van der Waals surface area (Å²) in [6.07, 6.45) is 3.03. The number of carboxylic acids is 1. The molecular weight excluding hydrogens is 441 g/mol. The molecule has 1 amide bonds. The predicted octanol–water partition coefficient (Wildman–Crippen LogP) is 4.20. The first kappa shape index (κ1) is 22.1. The summed E-state index contributed by atoms with van der Waals surface area (Å²) in [5.74, 6) is 4.24. The van der Waals surface area contributed by atoms with Gasteiger partial charge in [0.25, 0.3) is 5.91 Å². The molecule has 31 heavy (non-hydrogen) atoms. The maximum Gasteiger partial charge on any atom is 0.327 e. The van der Waals surface area contributed by atoms with Crippen LogP contribution >= 0.6 is 23.2 Å². The molecule has 2 aromatic carbocycles. The van der Waals surface area contributed by atoms with Gasteiger partial charge in [-0.15, -0.1) is 0 Å². The fourth-order valence-electron chi connectivity index (χ4n) is 2.45. The van der Waals surface area contributed by atoms with E-state index in [9.17, 15) is 14.7 Å².